The van der Waals surface area contributed by atoms with E-state index in [-0.39, 0.29) is 6.04 Å². The van der Waals surface area contributed by atoms with Crippen molar-refractivity contribution in [2.24, 2.45) is 0 Å². The third kappa shape index (κ3) is 2.37. The van der Waals surface area contributed by atoms with Gasteiger partial charge in [0.05, 0.1) is 6.04 Å². The second-order valence-corrected chi connectivity index (χ2v) is 5.92. The minimum Gasteiger partial charge on any atom is -0.309 e. The van der Waals surface area contributed by atoms with Crippen LogP contribution in [-0.4, -0.2) is 7.05 Å². The van der Waals surface area contributed by atoms with Crippen LogP contribution in [0.5, 0.6) is 0 Å². The van der Waals surface area contributed by atoms with Crippen LogP contribution < -0.4 is 5.32 Å². The number of benzene rings is 2. The molecule has 0 fully saturated rings. The molecule has 1 unspecified atom stereocenters. The Morgan fingerprint density at radius 2 is 1.80 bits per heavy atom. The van der Waals surface area contributed by atoms with Gasteiger partial charge in [0.25, 0.3) is 0 Å². The van der Waals surface area contributed by atoms with E-state index in [2.05, 4.69) is 66.2 Å². The Kier molecular flexibility index (Phi) is 3.86. The molecule has 3 aromatic rings. The average Bonchev–Trinajstić information content (AvgIpc) is 2.93. The quantitative estimate of drug-likeness (QED) is 0.726. The molecule has 0 aliphatic rings. The average molecular weight is 281 g/mol. The van der Waals surface area contributed by atoms with Crippen LogP contribution in [0.4, 0.5) is 0 Å². The molecule has 0 saturated carbocycles. The first-order valence-corrected chi connectivity index (χ1v) is 7.93. The Balaban J connectivity index is 2.04. The van der Waals surface area contributed by atoms with Crippen molar-refractivity contribution in [1.29, 1.82) is 0 Å². The molecule has 0 saturated heterocycles. The van der Waals surface area contributed by atoms with Crippen LogP contribution in [0, 0.1) is 0 Å². The molecule has 1 nitrogen and oxygen atoms in total. The number of nitrogens with one attached hydrogen (secondary N) is 1. The number of aryl methyl sites for hydroxylation is 1. The van der Waals surface area contributed by atoms with Crippen LogP contribution in [-0.2, 0) is 6.42 Å². The SMILES string of the molecule is CCc1ccc(C(NC)c2csc3ccccc23)cc1. The van der Waals surface area contributed by atoms with Gasteiger partial charge in [0.2, 0.25) is 0 Å². The maximum absolute atomic E-state index is 3.46. The lowest BCUT2D eigenvalue weighted by molar-refractivity contribution is 0.698. The number of fused-ring (bicyclic) bond motifs is 1. The lowest BCUT2D eigenvalue weighted by atomic mass is 9.97. The highest BCUT2D eigenvalue weighted by atomic mass is 32.1. The van der Waals surface area contributed by atoms with Gasteiger partial charge in [-0.25, -0.2) is 0 Å². The van der Waals surface area contributed by atoms with Crippen LogP contribution >= 0.6 is 11.3 Å². The third-order valence-electron chi connectivity index (χ3n) is 3.83. The first kappa shape index (κ1) is 13.3. The first-order valence-electron chi connectivity index (χ1n) is 7.05. The lowest BCUT2D eigenvalue weighted by Gasteiger charge is -2.17. The fourth-order valence-electron chi connectivity index (χ4n) is 2.67. The molecule has 3 rings (SSSR count). The van der Waals surface area contributed by atoms with Crippen molar-refractivity contribution in [3.05, 3.63) is 70.6 Å². The predicted octanol–water partition coefficient (Wildman–Crippen LogP) is 4.77. The van der Waals surface area contributed by atoms with E-state index < -0.39 is 0 Å². The van der Waals surface area contributed by atoms with E-state index in [1.807, 2.05) is 18.4 Å². The molecule has 0 aliphatic carbocycles. The standard InChI is InChI=1S/C18H19NS/c1-3-13-8-10-14(11-9-13)18(19-2)16-12-20-17-7-5-4-6-15(16)17/h4-12,18-19H,3H2,1-2H3. The summed E-state index contributed by atoms with van der Waals surface area (Å²) in [5, 5.41) is 7.09. The fourth-order valence-corrected chi connectivity index (χ4v) is 3.66. The van der Waals surface area contributed by atoms with Crippen LogP contribution in [0.25, 0.3) is 10.1 Å². The molecule has 1 aromatic heterocycles. The van der Waals surface area contributed by atoms with E-state index >= 15 is 0 Å². The van der Waals surface area contributed by atoms with Crippen molar-refractivity contribution in [2.75, 3.05) is 7.05 Å². The van der Waals surface area contributed by atoms with Crippen LogP contribution in [0.1, 0.15) is 29.7 Å². The smallest absolute Gasteiger partial charge is 0.0588 e. The molecule has 1 heterocycles. The molecule has 20 heavy (non-hydrogen) atoms. The van der Waals surface area contributed by atoms with Crippen molar-refractivity contribution in [3.63, 3.8) is 0 Å². The normalized spacial score (nSPS) is 12.7. The number of thiophene rings is 1. The second-order valence-electron chi connectivity index (χ2n) is 5.00. The Hall–Kier alpha value is -1.64. The topological polar surface area (TPSA) is 12.0 Å². The maximum Gasteiger partial charge on any atom is 0.0588 e. The van der Waals surface area contributed by atoms with Gasteiger partial charge < -0.3 is 5.32 Å². The van der Waals surface area contributed by atoms with E-state index in [1.54, 1.807) is 0 Å². The van der Waals surface area contributed by atoms with Gasteiger partial charge in [0, 0.05) is 4.70 Å². The molecular formula is C18H19NS. The number of rotatable bonds is 4. The summed E-state index contributed by atoms with van der Waals surface area (Å²) in [6.45, 7) is 2.19. The highest BCUT2D eigenvalue weighted by Gasteiger charge is 2.15. The zero-order chi connectivity index (χ0) is 13.9. The largest absolute Gasteiger partial charge is 0.309 e. The Morgan fingerprint density at radius 1 is 1.05 bits per heavy atom. The molecule has 0 radical (unpaired) electrons. The highest BCUT2D eigenvalue weighted by molar-refractivity contribution is 7.17. The molecule has 1 N–H and O–H groups in total. The minimum atomic E-state index is 0.261. The summed E-state index contributed by atoms with van der Waals surface area (Å²) in [6.07, 6.45) is 1.09. The number of hydrogen-bond acceptors (Lipinski definition) is 2. The first-order chi connectivity index (χ1) is 9.83. The van der Waals surface area contributed by atoms with Gasteiger partial charge in [-0.1, -0.05) is 49.4 Å². The van der Waals surface area contributed by atoms with Gasteiger partial charge in [-0.3, -0.25) is 0 Å². The van der Waals surface area contributed by atoms with Crippen molar-refractivity contribution in [3.8, 4) is 0 Å². The van der Waals surface area contributed by atoms with E-state index in [0.29, 0.717) is 0 Å². The van der Waals surface area contributed by atoms with E-state index in [0.717, 1.165) is 6.42 Å². The minimum absolute atomic E-state index is 0.261. The molecule has 0 bridgehead atoms. The zero-order valence-corrected chi connectivity index (χ0v) is 12.7. The van der Waals surface area contributed by atoms with Crippen LogP contribution in [0.3, 0.4) is 0 Å². The van der Waals surface area contributed by atoms with Crippen molar-refractivity contribution < 1.29 is 0 Å². The molecule has 2 aromatic carbocycles. The highest BCUT2D eigenvalue weighted by Crippen LogP contribution is 2.33. The van der Waals surface area contributed by atoms with Crippen LogP contribution in [0.15, 0.2) is 53.9 Å². The molecule has 0 amide bonds. The van der Waals surface area contributed by atoms with E-state index in [1.165, 1.54) is 26.8 Å². The summed E-state index contributed by atoms with van der Waals surface area (Å²) in [5.41, 5.74) is 4.09. The van der Waals surface area contributed by atoms with Crippen LogP contribution in [0.2, 0.25) is 0 Å². The molecule has 1 atom stereocenters. The summed E-state index contributed by atoms with van der Waals surface area (Å²) < 4.78 is 1.35. The van der Waals surface area contributed by atoms with Gasteiger partial charge in [-0.15, -0.1) is 11.3 Å². The van der Waals surface area contributed by atoms with Crippen molar-refractivity contribution >= 4 is 21.4 Å². The maximum atomic E-state index is 3.46. The van der Waals surface area contributed by atoms with Gasteiger partial charge >= 0.3 is 0 Å². The second kappa shape index (κ2) is 5.78. The lowest BCUT2D eigenvalue weighted by Crippen LogP contribution is -2.17. The Bertz CT molecular complexity index is 697. The van der Waals surface area contributed by atoms with Gasteiger partial charge in [0.1, 0.15) is 0 Å². The summed E-state index contributed by atoms with van der Waals surface area (Å²) in [7, 11) is 2.03. The van der Waals surface area contributed by atoms with Crippen molar-refractivity contribution in [1.82, 2.24) is 5.32 Å². The van der Waals surface area contributed by atoms with E-state index in [9.17, 15) is 0 Å². The summed E-state index contributed by atoms with van der Waals surface area (Å²) in [5.74, 6) is 0. The molecule has 102 valence electrons. The summed E-state index contributed by atoms with van der Waals surface area (Å²) in [4.78, 5) is 0. The number of hydrogen-bond donors (Lipinski definition) is 1. The van der Waals surface area contributed by atoms with E-state index in [4.69, 9.17) is 0 Å². The summed E-state index contributed by atoms with van der Waals surface area (Å²) >= 11 is 1.82. The molecule has 0 aliphatic heterocycles. The Morgan fingerprint density at radius 3 is 2.50 bits per heavy atom. The van der Waals surface area contributed by atoms with Gasteiger partial charge in [-0.05, 0) is 47.0 Å². The van der Waals surface area contributed by atoms with Crippen molar-refractivity contribution in [2.45, 2.75) is 19.4 Å². The molecule has 2 heteroatoms. The Labute approximate surface area is 124 Å². The molecular weight excluding hydrogens is 262 g/mol. The third-order valence-corrected chi connectivity index (χ3v) is 4.81. The fraction of sp³-hybridized carbons (Fsp3) is 0.222. The van der Waals surface area contributed by atoms with Gasteiger partial charge in [0.15, 0.2) is 0 Å². The predicted molar refractivity (Wildman–Crippen MR) is 88.5 cm³/mol. The monoisotopic (exact) mass is 281 g/mol. The zero-order valence-electron chi connectivity index (χ0n) is 11.9. The molecule has 0 spiro atoms. The summed E-state index contributed by atoms with van der Waals surface area (Å²) in [6, 6.07) is 17.8. The van der Waals surface area contributed by atoms with Gasteiger partial charge in [-0.2, -0.15) is 0 Å².